The maximum atomic E-state index is 11.2. The van der Waals surface area contributed by atoms with E-state index < -0.39 is 11.9 Å². The third-order valence-electron chi connectivity index (χ3n) is 1.96. The summed E-state index contributed by atoms with van der Waals surface area (Å²) in [6, 6.07) is 2.71. The van der Waals surface area contributed by atoms with Crippen LogP contribution in [-0.2, 0) is 9.53 Å². The van der Waals surface area contributed by atoms with Crippen molar-refractivity contribution < 1.29 is 24.5 Å². The lowest BCUT2D eigenvalue weighted by Gasteiger charge is -2.06. The van der Waals surface area contributed by atoms with E-state index in [9.17, 15) is 14.7 Å². The molecule has 0 fully saturated rings. The topological polar surface area (TPSA) is 83.8 Å². The van der Waals surface area contributed by atoms with Gasteiger partial charge in [0.05, 0.1) is 17.7 Å². The van der Waals surface area contributed by atoms with Crippen LogP contribution in [0.15, 0.2) is 18.2 Å². The quantitative estimate of drug-likeness (QED) is 0.638. The Morgan fingerprint density at radius 2 is 2.06 bits per heavy atom. The summed E-state index contributed by atoms with van der Waals surface area (Å²) >= 11 is 5.76. The summed E-state index contributed by atoms with van der Waals surface area (Å²) in [5, 5.41) is 17.9. The fourth-order valence-corrected chi connectivity index (χ4v) is 1.39. The molecular weight excluding hydrogens is 248 g/mol. The Labute approximate surface area is 102 Å². The Morgan fingerprint density at radius 3 is 2.59 bits per heavy atom. The van der Waals surface area contributed by atoms with E-state index in [0.29, 0.717) is 0 Å². The highest BCUT2D eigenvalue weighted by Gasteiger charge is 2.15. The number of hydrogen-bond donors (Lipinski definition) is 2. The van der Waals surface area contributed by atoms with Gasteiger partial charge in [0.25, 0.3) is 0 Å². The minimum absolute atomic E-state index is 0.0131. The molecule has 0 aliphatic rings. The van der Waals surface area contributed by atoms with Gasteiger partial charge in [0.2, 0.25) is 0 Å². The number of aliphatic carboxylic acids is 1. The largest absolute Gasteiger partial charge is 0.506 e. The van der Waals surface area contributed by atoms with Gasteiger partial charge >= 0.3 is 11.9 Å². The fraction of sp³-hybridized carbons (Fsp3) is 0.0909. The van der Waals surface area contributed by atoms with Gasteiger partial charge in [-0.15, -0.1) is 0 Å². The van der Waals surface area contributed by atoms with Crippen LogP contribution in [0.5, 0.6) is 5.75 Å². The molecule has 0 saturated heterocycles. The lowest BCUT2D eigenvalue weighted by atomic mass is 10.1. The standard InChI is InChI=1S/C11H9ClO5/c1-17-11(16)7-4-2-6(3-5-8(13)14)10(15)9(7)12/h2-5,15H,1H3,(H,13,14)/b5-3+. The Bertz CT molecular complexity index is 493. The number of ether oxygens (including phenoxy) is 1. The normalized spacial score (nSPS) is 10.5. The number of esters is 1. The molecule has 0 spiro atoms. The van der Waals surface area contributed by atoms with E-state index in [-0.39, 0.29) is 21.9 Å². The predicted molar refractivity (Wildman–Crippen MR) is 61.1 cm³/mol. The second-order valence-corrected chi connectivity index (χ2v) is 3.41. The second-order valence-electron chi connectivity index (χ2n) is 3.03. The summed E-state index contributed by atoms with van der Waals surface area (Å²) in [4.78, 5) is 21.5. The monoisotopic (exact) mass is 256 g/mol. The first-order chi connectivity index (χ1) is 7.97. The Morgan fingerprint density at radius 1 is 1.41 bits per heavy atom. The predicted octanol–water partition coefficient (Wildman–Crippen LogP) is 1.93. The van der Waals surface area contributed by atoms with Crippen LogP contribution in [-0.4, -0.2) is 29.3 Å². The molecule has 17 heavy (non-hydrogen) atoms. The summed E-state index contributed by atoms with van der Waals surface area (Å²) in [5.74, 6) is -2.20. The Kier molecular flexibility index (Phi) is 4.12. The van der Waals surface area contributed by atoms with E-state index in [2.05, 4.69) is 4.74 Å². The zero-order valence-corrected chi connectivity index (χ0v) is 9.56. The average Bonchev–Trinajstić information content (AvgIpc) is 2.30. The number of phenolic OH excluding ortho intramolecular Hbond substituents is 1. The number of phenols is 1. The van der Waals surface area contributed by atoms with E-state index in [1.165, 1.54) is 25.3 Å². The summed E-state index contributed by atoms with van der Waals surface area (Å²) in [6.45, 7) is 0. The third kappa shape index (κ3) is 2.98. The number of hydrogen-bond acceptors (Lipinski definition) is 4. The number of carboxylic acid groups (broad SMARTS) is 1. The number of carbonyl (C=O) groups is 2. The number of carboxylic acids is 1. The minimum Gasteiger partial charge on any atom is -0.506 e. The van der Waals surface area contributed by atoms with Gasteiger partial charge in [-0.05, 0) is 12.1 Å². The van der Waals surface area contributed by atoms with Gasteiger partial charge in [-0.2, -0.15) is 0 Å². The molecule has 1 aromatic carbocycles. The highest BCUT2D eigenvalue weighted by molar-refractivity contribution is 6.35. The lowest BCUT2D eigenvalue weighted by molar-refractivity contribution is -0.131. The van der Waals surface area contributed by atoms with Gasteiger partial charge in [0.15, 0.2) is 0 Å². The van der Waals surface area contributed by atoms with Gasteiger partial charge in [-0.1, -0.05) is 17.7 Å². The molecule has 0 radical (unpaired) electrons. The van der Waals surface area contributed by atoms with E-state index >= 15 is 0 Å². The van der Waals surface area contributed by atoms with Gasteiger partial charge in [-0.25, -0.2) is 9.59 Å². The number of aromatic hydroxyl groups is 1. The highest BCUT2D eigenvalue weighted by atomic mass is 35.5. The van der Waals surface area contributed by atoms with Crippen molar-refractivity contribution in [2.75, 3.05) is 7.11 Å². The number of methoxy groups -OCH3 is 1. The van der Waals surface area contributed by atoms with Crippen molar-refractivity contribution in [1.29, 1.82) is 0 Å². The molecule has 90 valence electrons. The molecule has 0 saturated carbocycles. The molecule has 0 aliphatic carbocycles. The molecule has 5 nitrogen and oxygen atoms in total. The van der Waals surface area contributed by atoms with Gasteiger partial charge in [-0.3, -0.25) is 0 Å². The van der Waals surface area contributed by atoms with Crippen molar-refractivity contribution in [1.82, 2.24) is 0 Å². The fourth-order valence-electron chi connectivity index (χ4n) is 1.14. The van der Waals surface area contributed by atoms with Crippen LogP contribution in [0.25, 0.3) is 6.08 Å². The van der Waals surface area contributed by atoms with Crippen LogP contribution < -0.4 is 0 Å². The Hall–Kier alpha value is -2.01. The maximum Gasteiger partial charge on any atom is 0.339 e. The van der Waals surface area contributed by atoms with Crippen molar-refractivity contribution >= 4 is 29.6 Å². The van der Waals surface area contributed by atoms with Gasteiger partial charge in [0, 0.05) is 11.6 Å². The number of benzene rings is 1. The summed E-state index contributed by atoms with van der Waals surface area (Å²) in [7, 11) is 1.19. The zero-order valence-electron chi connectivity index (χ0n) is 8.81. The highest BCUT2D eigenvalue weighted by Crippen LogP contribution is 2.32. The first-order valence-corrected chi connectivity index (χ1v) is 4.86. The maximum absolute atomic E-state index is 11.2. The van der Waals surface area contributed by atoms with Crippen LogP contribution in [0.4, 0.5) is 0 Å². The van der Waals surface area contributed by atoms with Crippen LogP contribution in [0, 0.1) is 0 Å². The molecule has 0 aromatic heterocycles. The minimum atomic E-state index is -1.16. The van der Waals surface area contributed by atoms with E-state index in [4.69, 9.17) is 16.7 Å². The van der Waals surface area contributed by atoms with Crippen molar-refractivity contribution in [3.8, 4) is 5.75 Å². The molecule has 2 N–H and O–H groups in total. The molecule has 0 aliphatic heterocycles. The first kappa shape index (κ1) is 13.1. The Balaban J connectivity index is 3.19. The van der Waals surface area contributed by atoms with Gasteiger partial charge in [0.1, 0.15) is 5.75 Å². The van der Waals surface area contributed by atoms with Crippen LogP contribution in [0.2, 0.25) is 5.02 Å². The van der Waals surface area contributed by atoms with E-state index in [1.807, 2.05) is 0 Å². The van der Waals surface area contributed by atoms with E-state index in [0.717, 1.165) is 6.08 Å². The summed E-state index contributed by atoms with van der Waals surface area (Å²) < 4.78 is 4.46. The van der Waals surface area contributed by atoms with E-state index in [1.54, 1.807) is 0 Å². The molecule has 0 heterocycles. The molecule has 6 heteroatoms. The number of carbonyl (C=O) groups excluding carboxylic acids is 1. The number of halogens is 1. The molecule has 1 aromatic rings. The van der Waals surface area contributed by atoms with Crippen molar-refractivity contribution in [2.45, 2.75) is 0 Å². The summed E-state index contributed by atoms with van der Waals surface area (Å²) in [6.07, 6.45) is 2.02. The molecule has 0 amide bonds. The molecular formula is C11H9ClO5. The van der Waals surface area contributed by atoms with Crippen molar-refractivity contribution in [3.63, 3.8) is 0 Å². The van der Waals surface area contributed by atoms with Crippen LogP contribution in [0.1, 0.15) is 15.9 Å². The third-order valence-corrected chi connectivity index (χ3v) is 2.34. The molecule has 1 rings (SSSR count). The van der Waals surface area contributed by atoms with Crippen molar-refractivity contribution in [2.24, 2.45) is 0 Å². The molecule has 0 bridgehead atoms. The molecule has 0 atom stereocenters. The molecule has 0 unspecified atom stereocenters. The first-order valence-electron chi connectivity index (χ1n) is 4.48. The van der Waals surface area contributed by atoms with Crippen LogP contribution in [0.3, 0.4) is 0 Å². The smallest absolute Gasteiger partial charge is 0.339 e. The SMILES string of the molecule is COC(=O)c1ccc(/C=C/C(=O)O)c(O)c1Cl. The summed E-state index contributed by atoms with van der Waals surface area (Å²) in [5.41, 5.74) is 0.212. The average molecular weight is 257 g/mol. The number of rotatable bonds is 3. The second kappa shape index (κ2) is 5.36. The van der Waals surface area contributed by atoms with Crippen molar-refractivity contribution in [3.05, 3.63) is 34.4 Å². The van der Waals surface area contributed by atoms with Crippen LogP contribution >= 0.6 is 11.6 Å². The van der Waals surface area contributed by atoms with Gasteiger partial charge < -0.3 is 14.9 Å². The lowest BCUT2D eigenvalue weighted by Crippen LogP contribution is -2.02. The zero-order chi connectivity index (χ0) is 13.0.